The minimum atomic E-state index is 1.13. The van der Waals surface area contributed by atoms with Crippen molar-refractivity contribution in [2.24, 2.45) is 0 Å². The van der Waals surface area contributed by atoms with Gasteiger partial charge in [0.15, 0.2) is 0 Å². The zero-order valence-corrected chi connectivity index (χ0v) is 32.8. The van der Waals surface area contributed by atoms with Gasteiger partial charge in [-0.3, -0.25) is 0 Å². The van der Waals surface area contributed by atoms with Crippen LogP contribution in [0.4, 0.5) is 56.9 Å². The summed E-state index contributed by atoms with van der Waals surface area (Å²) in [6.07, 6.45) is 0. The summed E-state index contributed by atoms with van der Waals surface area (Å²) in [6, 6.07) is 58.5. The van der Waals surface area contributed by atoms with Gasteiger partial charge in [-0.15, -0.1) is 0 Å². The largest absolute Gasteiger partial charge is 0.344 e. The Morgan fingerprint density at radius 1 is 0.286 bits per heavy atom. The van der Waals surface area contributed by atoms with Crippen LogP contribution in [0.1, 0.15) is 22.3 Å². The van der Waals surface area contributed by atoms with Crippen LogP contribution in [-0.2, 0) is 0 Å². The van der Waals surface area contributed by atoms with E-state index in [1.165, 1.54) is 78.0 Å². The fourth-order valence-electron chi connectivity index (χ4n) is 8.73. The first-order valence-corrected chi connectivity index (χ1v) is 19.5. The van der Waals surface area contributed by atoms with E-state index in [1.54, 1.807) is 0 Å². The second kappa shape index (κ2) is 12.9. The molecule has 8 aromatic rings. The molecule has 2 heterocycles. The Balaban J connectivity index is 1.10. The van der Waals surface area contributed by atoms with E-state index in [-0.39, 0.29) is 0 Å². The number of fused-ring (bicyclic) bond motifs is 4. The van der Waals surface area contributed by atoms with Crippen molar-refractivity contribution >= 4 is 67.6 Å². The molecule has 0 saturated heterocycles. The lowest BCUT2D eigenvalue weighted by molar-refractivity contribution is 1.18. The molecular weight excluding hydrogens is 681 g/mol. The number of anilines is 10. The van der Waals surface area contributed by atoms with Gasteiger partial charge in [0.05, 0.1) is 11.4 Å². The standard InChI is InChI=1S/C52H44N4/c1-33-7-15-37(16-8-33)55(38-17-9-34(2)10-18-38)41-23-25-43-45-27-28-46-44-26-24-42(56(39-19-11-35(3)12-20-39)40-21-13-36(4)14-22-40)32-50(44)54(6)48-30-29-47(51(45)52(46)48)53(5)49(43)31-41/h7-32H,1-6H3. The van der Waals surface area contributed by atoms with E-state index >= 15 is 0 Å². The smallest absolute Gasteiger partial charge is 0.0509 e. The molecule has 0 amide bonds. The van der Waals surface area contributed by atoms with Crippen LogP contribution in [0.25, 0.3) is 33.0 Å². The van der Waals surface area contributed by atoms with Gasteiger partial charge in [-0.1, -0.05) is 95.1 Å². The minimum Gasteiger partial charge on any atom is -0.344 e. The molecule has 10 rings (SSSR count). The summed E-state index contributed by atoms with van der Waals surface area (Å²) in [6.45, 7) is 8.56. The molecule has 2 aliphatic rings. The summed E-state index contributed by atoms with van der Waals surface area (Å²) in [5.74, 6) is 0. The molecule has 0 saturated carbocycles. The quantitative estimate of drug-likeness (QED) is 0.169. The zero-order chi connectivity index (χ0) is 38.2. The van der Waals surface area contributed by atoms with Crippen LogP contribution < -0.4 is 19.6 Å². The maximum atomic E-state index is 2.39. The Hall–Kier alpha value is -6.78. The first-order valence-electron chi connectivity index (χ1n) is 19.5. The molecular formula is C52H44N4. The van der Waals surface area contributed by atoms with Crippen LogP contribution in [0, 0.1) is 27.7 Å². The van der Waals surface area contributed by atoms with E-state index in [2.05, 4.69) is 219 Å². The van der Waals surface area contributed by atoms with E-state index in [1.807, 2.05) is 0 Å². The van der Waals surface area contributed by atoms with Gasteiger partial charge in [-0.2, -0.15) is 0 Å². The van der Waals surface area contributed by atoms with Gasteiger partial charge < -0.3 is 19.6 Å². The average Bonchev–Trinajstić information content (AvgIpc) is 3.22. The summed E-state index contributed by atoms with van der Waals surface area (Å²) in [5, 5.41) is 2.61. The summed E-state index contributed by atoms with van der Waals surface area (Å²) < 4.78 is 0. The first-order chi connectivity index (χ1) is 27.2. The average molecular weight is 725 g/mol. The van der Waals surface area contributed by atoms with E-state index in [4.69, 9.17) is 0 Å². The zero-order valence-electron chi connectivity index (χ0n) is 32.8. The minimum absolute atomic E-state index is 1.13. The van der Waals surface area contributed by atoms with E-state index < -0.39 is 0 Å². The number of nitrogens with zero attached hydrogens (tertiary/aromatic N) is 4. The van der Waals surface area contributed by atoms with Gasteiger partial charge in [0, 0.05) is 81.5 Å². The van der Waals surface area contributed by atoms with Gasteiger partial charge in [0.2, 0.25) is 0 Å². The lowest BCUT2D eigenvalue weighted by Gasteiger charge is -2.37. The molecule has 0 atom stereocenters. The highest BCUT2D eigenvalue weighted by Crippen LogP contribution is 2.56. The second-order valence-electron chi connectivity index (χ2n) is 15.5. The van der Waals surface area contributed by atoms with E-state index in [0.717, 1.165) is 34.1 Å². The van der Waals surface area contributed by atoms with E-state index in [9.17, 15) is 0 Å². The Morgan fingerprint density at radius 3 is 0.857 bits per heavy atom. The molecule has 272 valence electrons. The normalized spacial score (nSPS) is 12.4. The predicted molar refractivity (Wildman–Crippen MR) is 239 cm³/mol. The third kappa shape index (κ3) is 5.36. The van der Waals surface area contributed by atoms with Crippen molar-refractivity contribution in [3.8, 4) is 22.3 Å². The highest BCUT2D eigenvalue weighted by Gasteiger charge is 2.31. The lowest BCUT2D eigenvalue weighted by Crippen LogP contribution is -2.20. The summed E-state index contributed by atoms with van der Waals surface area (Å²) in [7, 11) is 4.43. The maximum Gasteiger partial charge on any atom is 0.0509 e. The van der Waals surface area contributed by atoms with Gasteiger partial charge >= 0.3 is 0 Å². The monoisotopic (exact) mass is 724 g/mol. The molecule has 2 aliphatic heterocycles. The van der Waals surface area contributed by atoms with Gasteiger partial charge in [0.25, 0.3) is 0 Å². The summed E-state index contributed by atoms with van der Waals surface area (Å²) >= 11 is 0. The number of aryl methyl sites for hydroxylation is 4. The van der Waals surface area contributed by atoms with Crippen molar-refractivity contribution in [3.63, 3.8) is 0 Å². The molecule has 4 heteroatoms. The van der Waals surface area contributed by atoms with Crippen molar-refractivity contribution < 1.29 is 0 Å². The Morgan fingerprint density at radius 2 is 0.554 bits per heavy atom. The molecule has 0 unspecified atom stereocenters. The van der Waals surface area contributed by atoms with Crippen LogP contribution in [0.3, 0.4) is 0 Å². The topological polar surface area (TPSA) is 13.0 Å². The van der Waals surface area contributed by atoms with Gasteiger partial charge in [0.1, 0.15) is 0 Å². The Kier molecular flexibility index (Phi) is 7.79. The second-order valence-corrected chi connectivity index (χ2v) is 15.5. The molecule has 0 radical (unpaired) electrons. The van der Waals surface area contributed by atoms with Crippen molar-refractivity contribution in [2.45, 2.75) is 27.7 Å². The SMILES string of the molecule is Cc1ccc(N(c2ccc(C)cc2)c2ccc3c(c2)N(C)c2ccc4c5c(ccc-3c25)-c2ccc(N(c3ccc(C)cc3)c3ccc(C)cc3)cc2N4C)cc1. The third-order valence-electron chi connectivity index (χ3n) is 11.8. The van der Waals surface area contributed by atoms with Crippen LogP contribution in [0.2, 0.25) is 0 Å². The fourth-order valence-corrected chi connectivity index (χ4v) is 8.73. The molecule has 0 spiro atoms. The molecule has 8 aromatic carbocycles. The van der Waals surface area contributed by atoms with Crippen molar-refractivity contribution in [1.29, 1.82) is 0 Å². The van der Waals surface area contributed by atoms with Gasteiger partial charge in [-0.05, 0) is 124 Å². The molecule has 4 nitrogen and oxygen atoms in total. The first kappa shape index (κ1) is 33.8. The van der Waals surface area contributed by atoms with Crippen LogP contribution in [0.5, 0.6) is 0 Å². The Labute approximate surface area is 330 Å². The molecule has 0 bridgehead atoms. The summed E-state index contributed by atoms with van der Waals surface area (Å²) in [4.78, 5) is 9.50. The van der Waals surface area contributed by atoms with Crippen LogP contribution >= 0.6 is 0 Å². The number of hydrogen-bond acceptors (Lipinski definition) is 4. The van der Waals surface area contributed by atoms with Crippen molar-refractivity contribution in [2.75, 3.05) is 33.7 Å². The highest BCUT2D eigenvalue weighted by molar-refractivity contribution is 6.23. The van der Waals surface area contributed by atoms with Gasteiger partial charge in [-0.25, -0.2) is 0 Å². The molecule has 0 aliphatic carbocycles. The molecule has 0 N–H and O–H groups in total. The van der Waals surface area contributed by atoms with Crippen LogP contribution in [0.15, 0.2) is 158 Å². The fraction of sp³-hybridized carbons (Fsp3) is 0.115. The lowest BCUT2D eigenvalue weighted by atomic mass is 9.84. The molecule has 56 heavy (non-hydrogen) atoms. The number of hydrogen-bond donors (Lipinski definition) is 0. The highest BCUT2D eigenvalue weighted by atomic mass is 15.2. The maximum absolute atomic E-state index is 2.39. The molecule has 0 aromatic heterocycles. The third-order valence-corrected chi connectivity index (χ3v) is 11.8. The molecule has 0 fully saturated rings. The Bertz CT molecular complexity index is 2510. The number of benzene rings is 8. The summed E-state index contributed by atoms with van der Waals surface area (Å²) in [5.41, 5.74) is 21.7. The van der Waals surface area contributed by atoms with E-state index in [0.29, 0.717) is 0 Å². The number of rotatable bonds is 6. The van der Waals surface area contributed by atoms with Crippen LogP contribution in [-0.4, -0.2) is 14.1 Å². The predicted octanol–water partition coefficient (Wildman–Crippen LogP) is 14.5. The van der Waals surface area contributed by atoms with Crippen molar-refractivity contribution in [1.82, 2.24) is 0 Å². The van der Waals surface area contributed by atoms with Crippen molar-refractivity contribution in [3.05, 3.63) is 180 Å².